The van der Waals surface area contributed by atoms with Gasteiger partial charge in [0.05, 0.1) is 6.42 Å². The summed E-state index contributed by atoms with van der Waals surface area (Å²) in [6.45, 7) is 6.38. The van der Waals surface area contributed by atoms with Crippen molar-refractivity contribution in [3.8, 4) is 0 Å². The van der Waals surface area contributed by atoms with Crippen molar-refractivity contribution < 1.29 is 9.59 Å². The first kappa shape index (κ1) is 23.5. The number of benzene rings is 2. The summed E-state index contributed by atoms with van der Waals surface area (Å²) in [5.74, 6) is -0.0880. The van der Waals surface area contributed by atoms with Gasteiger partial charge in [0, 0.05) is 17.1 Å². The van der Waals surface area contributed by atoms with Gasteiger partial charge in [0.25, 0.3) is 0 Å². The Bertz CT molecular complexity index is 904. The van der Waals surface area contributed by atoms with Crippen LogP contribution in [0.1, 0.15) is 61.3 Å². The van der Waals surface area contributed by atoms with Crippen molar-refractivity contribution in [1.82, 2.24) is 10.2 Å². The molecule has 1 atom stereocenters. The zero-order chi connectivity index (χ0) is 22.4. The lowest BCUT2D eigenvalue weighted by molar-refractivity contribution is -0.140. The number of rotatable bonds is 7. The molecular weight excluding hydrogens is 452 g/mol. The van der Waals surface area contributed by atoms with Crippen LogP contribution in [0.3, 0.4) is 0 Å². The third-order valence-corrected chi connectivity index (χ3v) is 6.84. The molecule has 2 aromatic carbocycles. The van der Waals surface area contributed by atoms with Crippen LogP contribution in [0.25, 0.3) is 0 Å². The van der Waals surface area contributed by atoms with Crippen molar-refractivity contribution in [3.63, 3.8) is 0 Å². The van der Waals surface area contributed by atoms with Crippen LogP contribution < -0.4 is 5.32 Å². The van der Waals surface area contributed by atoms with Crippen LogP contribution in [-0.4, -0.2) is 28.8 Å². The first-order chi connectivity index (χ1) is 14.8. The second-order valence-corrected chi connectivity index (χ2v) is 9.68. The zero-order valence-corrected chi connectivity index (χ0v) is 20.4. The topological polar surface area (TPSA) is 49.4 Å². The SMILES string of the molecule is Cc1ccc(CC(=O)N(Cc2ccc(Br)cc2)C(C)C(=O)NC2CCCCC2)cc1C. The van der Waals surface area contributed by atoms with Crippen molar-refractivity contribution >= 4 is 27.7 Å². The molecule has 3 rings (SSSR count). The zero-order valence-electron chi connectivity index (χ0n) is 18.8. The van der Waals surface area contributed by atoms with E-state index < -0.39 is 6.04 Å². The van der Waals surface area contributed by atoms with E-state index in [9.17, 15) is 9.59 Å². The third-order valence-electron chi connectivity index (χ3n) is 6.31. The molecule has 2 aromatic rings. The number of carbonyl (C=O) groups is 2. The molecule has 5 heteroatoms. The molecule has 0 spiro atoms. The summed E-state index contributed by atoms with van der Waals surface area (Å²) in [4.78, 5) is 28.1. The number of amides is 2. The lowest BCUT2D eigenvalue weighted by Gasteiger charge is -2.31. The summed E-state index contributed by atoms with van der Waals surface area (Å²) in [5.41, 5.74) is 4.37. The quantitative estimate of drug-likeness (QED) is 0.565. The second-order valence-electron chi connectivity index (χ2n) is 8.76. The minimum absolute atomic E-state index is 0.0301. The van der Waals surface area contributed by atoms with Crippen molar-refractivity contribution in [3.05, 3.63) is 69.2 Å². The number of hydrogen-bond donors (Lipinski definition) is 1. The molecule has 2 amide bonds. The van der Waals surface area contributed by atoms with Gasteiger partial charge in [0.15, 0.2) is 0 Å². The van der Waals surface area contributed by atoms with Gasteiger partial charge in [-0.3, -0.25) is 9.59 Å². The molecule has 0 aliphatic heterocycles. The third kappa shape index (κ3) is 6.67. The van der Waals surface area contributed by atoms with E-state index in [2.05, 4.69) is 47.2 Å². The molecule has 0 radical (unpaired) electrons. The fraction of sp³-hybridized carbons (Fsp3) is 0.462. The summed E-state index contributed by atoms with van der Waals surface area (Å²) in [6, 6.07) is 13.7. The summed E-state index contributed by atoms with van der Waals surface area (Å²) < 4.78 is 0.993. The normalized spacial score (nSPS) is 15.4. The van der Waals surface area contributed by atoms with Crippen LogP contribution in [0.15, 0.2) is 46.9 Å². The molecular formula is C26H33BrN2O2. The van der Waals surface area contributed by atoms with Gasteiger partial charge < -0.3 is 10.2 Å². The number of nitrogens with zero attached hydrogens (tertiary/aromatic N) is 1. The van der Waals surface area contributed by atoms with Gasteiger partial charge in [-0.2, -0.15) is 0 Å². The fourth-order valence-electron chi connectivity index (χ4n) is 4.13. The molecule has 0 heterocycles. The minimum atomic E-state index is -0.524. The van der Waals surface area contributed by atoms with E-state index in [1.807, 2.05) is 37.3 Å². The number of hydrogen-bond acceptors (Lipinski definition) is 2. The number of halogens is 1. The Morgan fingerprint density at radius 1 is 1.00 bits per heavy atom. The van der Waals surface area contributed by atoms with Crippen molar-refractivity contribution in [2.45, 2.75) is 77.9 Å². The highest BCUT2D eigenvalue weighted by molar-refractivity contribution is 9.10. The number of carbonyl (C=O) groups excluding carboxylic acids is 2. The summed E-state index contributed by atoms with van der Waals surface area (Å²) in [6.07, 6.45) is 5.91. The van der Waals surface area contributed by atoms with E-state index in [0.717, 1.165) is 41.3 Å². The Hall–Kier alpha value is -2.14. The van der Waals surface area contributed by atoms with Gasteiger partial charge in [0.2, 0.25) is 11.8 Å². The molecule has 1 aliphatic rings. The highest BCUT2D eigenvalue weighted by atomic mass is 79.9. The van der Waals surface area contributed by atoms with Crippen molar-refractivity contribution in [2.24, 2.45) is 0 Å². The van der Waals surface area contributed by atoms with E-state index in [1.54, 1.807) is 4.90 Å². The summed E-state index contributed by atoms with van der Waals surface area (Å²) in [7, 11) is 0. The van der Waals surface area contributed by atoms with Crippen LogP contribution in [0.4, 0.5) is 0 Å². The average molecular weight is 485 g/mol. The Morgan fingerprint density at radius 3 is 2.29 bits per heavy atom. The van der Waals surface area contributed by atoms with Gasteiger partial charge in [-0.25, -0.2) is 0 Å². The largest absolute Gasteiger partial charge is 0.352 e. The second kappa shape index (κ2) is 10.9. The van der Waals surface area contributed by atoms with Gasteiger partial charge in [0.1, 0.15) is 6.04 Å². The van der Waals surface area contributed by atoms with Gasteiger partial charge in [-0.05, 0) is 68.0 Å². The predicted octanol–water partition coefficient (Wildman–Crippen LogP) is 5.47. The highest BCUT2D eigenvalue weighted by Crippen LogP contribution is 2.19. The molecule has 31 heavy (non-hydrogen) atoms. The van der Waals surface area contributed by atoms with Crippen LogP contribution in [0.5, 0.6) is 0 Å². The van der Waals surface area contributed by atoms with Gasteiger partial charge >= 0.3 is 0 Å². The van der Waals surface area contributed by atoms with Crippen LogP contribution in [-0.2, 0) is 22.6 Å². The van der Waals surface area contributed by atoms with E-state index in [0.29, 0.717) is 13.0 Å². The molecule has 1 N–H and O–H groups in total. The Morgan fingerprint density at radius 2 is 1.65 bits per heavy atom. The lowest BCUT2D eigenvalue weighted by Crippen LogP contribution is -2.50. The fourth-order valence-corrected chi connectivity index (χ4v) is 4.39. The van der Waals surface area contributed by atoms with Gasteiger partial charge in [-0.1, -0.05) is 65.5 Å². The van der Waals surface area contributed by atoms with Crippen molar-refractivity contribution in [2.75, 3.05) is 0 Å². The van der Waals surface area contributed by atoms with E-state index in [1.165, 1.54) is 17.5 Å². The molecule has 1 unspecified atom stereocenters. The smallest absolute Gasteiger partial charge is 0.242 e. The lowest BCUT2D eigenvalue weighted by atomic mass is 9.95. The summed E-state index contributed by atoms with van der Waals surface area (Å²) in [5, 5.41) is 3.19. The van der Waals surface area contributed by atoms with Crippen LogP contribution >= 0.6 is 15.9 Å². The molecule has 166 valence electrons. The number of nitrogens with one attached hydrogen (secondary N) is 1. The molecule has 0 aromatic heterocycles. The highest BCUT2D eigenvalue weighted by Gasteiger charge is 2.28. The van der Waals surface area contributed by atoms with Gasteiger partial charge in [-0.15, -0.1) is 0 Å². The Kier molecular flexibility index (Phi) is 8.30. The van der Waals surface area contributed by atoms with E-state index in [4.69, 9.17) is 0 Å². The first-order valence-corrected chi connectivity index (χ1v) is 12.0. The minimum Gasteiger partial charge on any atom is -0.352 e. The number of aryl methyl sites for hydroxylation is 2. The molecule has 4 nitrogen and oxygen atoms in total. The van der Waals surface area contributed by atoms with Crippen LogP contribution in [0, 0.1) is 13.8 Å². The molecule has 1 saturated carbocycles. The monoisotopic (exact) mass is 484 g/mol. The van der Waals surface area contributed by atoms with E-state index >= 15 is 0 Å². The summed E-state index contributed by atoms with van der Waals surface area (Å²) >= 11 is 3.46. The van der Waals surface area contributed by atoms with Crippen LogP contribution in [0.2, 0.25) is 0 Å². The maximum Gasteiger partial charge on any atom is 0.242 e. The van der Waals surface area contributed by atoms with E-state index in [-0.39, 0.29) is 17.9 Å². The maximum absolute atomic E-state index is 13.4. The molecule has 0 bridgehead atoms. The maximum atomic E-state index is 13.4. The average Bonchev–Trinajstić information content (AvgIpc) is 2.76. The molecule has 0 saturated heterocycles. The standard InChI is InChI=1S/C26H33BrN2O2/c1-18-9-10-22(15-19(18)2)16-25(30)29(17-21-11-13-23(27)14-12-21)20(3)26(31)28-24-7-5-4-6-8-24/h9-15,20,24H,4-8,16-17H2,1-3H3,(H,28,31). The first-order valence-electron chi connectivity index (χ1n) is 11.2. The Balaban J connectivity index is 1.76. The molecule has 1 fully saturated rings. The molecule has 1 aliphatic carbocycles. The Labute approximate surface area is 194 Å². The predicted molar refractivity (Wildman–Crippen MR) is 129 cm³/mol. The van der Waals surface area contributed by atoms with Crippen molar-refractivity contribution in [1.29, 1.82) is 0 Å².